The van der Waals surface area contributed by atoms with Gasteiger partial charge in [0.2, 0.25) is 0 Å². The molecule has 0 aliphatic carbocycles. The van der Waals surface area contributed by atoms with E-state index in [0.29, 0.717) is 0 Å². The summed E-state index contributed by atoms with van der Waals surface area (Å²) < 4.78 is 96.4. The average Bonchev–Trinajstić information content (AvgIpc) is 1.98. The molecule has 0 fully saturated rings. The van der Waals surface area contributed by atoms with Crippen LogP contribution in [-0.4, -0.2) is 25.5 Å². The highest BCUT2D eigenvalue weighted by Gasteiger charge is 2.76. The molecule has 0 aromatic heterocycles. The fourth-order valence-electron chi connectivity index (χ4n) is 0.743. The molecule has 0 heterocycles. The number of hydrogen-bond donors (Lipinski definition) is 1. The van der Waals surface area contributed by atoms with Crippen LogP contribution in [0.3, 0.4) is 0 Å². The predicted molar refractivity (Wildman–Crippen MR) is 50.6 cm³/mol. The zero-order valence-corrected chi connectivity index (χ0v) is 10.3. The maximum absolute atomic E-state index is 12.8. The van der Waals surface area contributed by atoms with Gasteiger partial charge in [0.25, 0.3) is 10.0 Å². The van der Waals surface area contributed by atoms with Gasteiger partial charge in [-0.25, -0.2) is 13.6 Å². The molecule has 0 saturated heterocycles. The monoisotopic (exact) mass is 349 g/mol. The smallest absolute Gasteiger partial charge is 0.223 e. The lowest BCUT2D eigenvalue weighted by molar-refractivity contribution is -0.277. The van der Waals surface area contributed by atoms with Gasteiger partial charge in [0, 0.05) is 6.42 Å². The van der Waals surface area contributed by atoms with Crippen LogP contribution in [0.2, 0.25) is 0 Å². The molecule has 0 amide bonds. The lowest BCUT2D eigenvalue weighted by Gasteiger charge is -2.31. The van der Waals surface area contributed by atoms with Gasteiger partial charge in [-0.3, -0.25) is 0 Å². The largest absolute Gasteiger partial charge is 0.426 e. The quantitative estimate of drug-likeness (QED) is 0.775. The highest BCUT2D eigenvalue weighted by molar-refractivity contribution is 9.11. The van der Waals surface area contributed by atoms with Crippen molar-refractivity contribution in [1.29, 1.82) is 0 Å². The van der Waals surface area contributed by atoms with Crippen molar-refractivity contribution in [3.63, 3.8) is 0 Å². The number of halogens is 7. The maximum Gasteiger partial charge on any atom is 0.426 e. The zero-order valence-electron chi connectivity index (χ0n) is 7.86. The third kappa shape index (κ3) is 2.94. The normalized spacial score (nSPS) is 14.8. The summed E-state index contributed by atoms with van der Waals surface area (Å²) >= 11 is 2.29. The highest BCUT2D eigenvalue weighted by Crippen LogP contribution is 2.50. The van der Waals surface area contributed by atoms with E-state index in [1.807, 2.05) is 0 Å². The van der Waals surface area contributed by atoms with Gasteiger partial charge in [-0.15, -0.1) is 0 Å². The van der Waals surface area contributed by atoms with Crippen molar-refractivity contribution in [3.05, 3.63) is 11.1 Å². The second-order valence-corrected chi connectivity index (χ2v) is 5.76. The number of sulfonamides is 1. The van der Waals surface area contributed by atoms with E-state index in [2.05, 4.69) is 27.6 Å². The molecule has 2 N–H and O–H groups in total. The first kappa shape index (κ1) is 16.7. The van der Waals surface area contributed by atoms with Gasteiger partial charge >= 0.3 is 17.1 Å². The summed E-state index contributed by atoms with van der Waals surface area (Å²) in [5.41, 5.74) is 0. The average molecular weight is 350 g/mol. The molecular weight excluding hydrogens is 344 g/mol. The number of alkyl halides is 6. The Balaban J connectivity index is 5.63. The Labute approximate surface area is 101 Å². The molecule has 0 aromatic carbocycles. The molecular formula is C6H6BrF6NO2S. The van der Waals surface area contributed by atoms with Crippen LogP contribution in [-0.2, 0) is 10.0 Å². The first-order chi connectivity index (χ1) is 7.17. The molecule has 0 spiro atoms. The van der Waals surface area contributed by atoms with Crippen LogP contribution in [0.15, 0.2) is 11.1 Å². The zero-order chi connectivity index (χ0) is 14.3. The molecule has 0 aromatic rings. The summed E-state index contributed by atoms with van der Waals surface area (Å²) in [5, 5.41) is -2.29. The minimum absolute atomic E-state index is 0.701. The molecule has 0 radical (unpaired) electrons. The lowest BCUT2D eigenvalue weighted by atomic mass is 10.1. The molecule has 0 unspecified atom stereocenters. The van der Waals surface area contributed by atoms with Gasteiger partial charge in [-0.05, 0) is 4.48 Å². The Morgan fingerprint density at radius 1 is 1.18 bits per heavy atom. The van der Waals surface area contributed by atoms with Crippen molar-refractivity contribution in [2.24, 2.45) is 5.14 Å². The van der Waals surface area contributed by atoms with Crippen LogP contribution in [0.4, 0.5) is 26.3 Å². The number of hydrogen-bond acceptors (Lipinski definition) is 2. The fourth-order valence-corrected chi connectivity index (χ4v) is 1.60. The summed E-state index contributed by atoms with van der Waals surface area (Å²) in [4.78, 5) is 0. The van der Waals surface area contributed by atoms with Crippen LogP contribution < -0.4 is 5.14 Å². The van der Waals surface area contributed by atoms with Crippen molar-refractivity contribution in [3.8, 4) is 0 Å². The second-order valence-electron chi connectivity index (χ2n) is 3.03. The Morgan fingerprint density at radius 3 is 1.76 bits per heavy atom. The fraction of sp³-hybridized carbons (Fsp3) is 0.667. The van der Waals surface area contributed by atoms with Gasteiger partial charge in [-0.1, -0.05) is 22.5 Å². The van der Waals surface area contributed by atoms with Crippen molar-refractivity contribution in [2.75, 3.05) is 0 Å². The van der Waals surface area contributed by atoms with Crippen LogP contribution in [0.25, 0.3) is 0 Å². The first-order valence-electron chi connectivity index (χ1n) is 3.66. The highest BCUT2D eigenvalue weighted by atomic mass is 79.9. The first-order valence-corrected chi connectivity index (χ1v) is 6.00. The van der Waals surface area contributed by atoms with E-state index >= 15 is 0 Å². The molecule has 0 bridgehead atoms. The molecule has 3 nitrogen and oxygen atoms in total. The number of nitrogens with two attached hydrogens (primary N) is 1. The summed E-state index contributed by atoms with van der Waals surface area (Å²) in [6, 6.07) is 0. The molecule has 0 rings (SSSR count). The molecule has 17 heavy (non-hydrogen) atoms. The summed E-state index contributed by atoms with van der Waals surface area (Å²) in [7, 11) is -6.19. The Bertz CT molecular complexity index is 420. The molecule has 102 valence electrons. The van der Waals surface area contributed by atoms with Crippen molar-refractivity contribution < 1.29 is 34.8 Å². The van der Waals surface area contributed by atoms with E-state index in [1.165, 1.54) is 0 Å². The molecule has 0 aliphatic rings. The number of allylic oxidation sites excluding steroid dienone is 1. The van der Waals surface area contributed by atoms with Crippen molar-refractivity contribution in [1.82, 2.24) is 0 Å². The van der Waals surface area contributed by atoms with E-state index in [9.17, 15) is 34.8 Å². The van der Waals surface area contributed by atoms with Crippen molar-refractivity contribution >= 4 is 26.0 Å². The second kappa shape index (κ2) is 4.43. The summed E-state index contributed by atoms with van der Waals surface area (Å²) in [5.74, 6) is -11.5. The van der Waals surface area contributed by atoms with Crippen LogP contribution >= 0.6 is 15.9 Å². The van der Waals surface area contributed by atoms with Crippen molar-refractivity contribution in [2.45, 2.75) is 23.5 Å². The van der Waals surface area contributed by atoms with Gasteiger partial charge in [-0.2, -0.15) is 26.3 Å². The van der Waals surface area contributed by atoms with Gasteiger partial charge in [0.1, 0.15) is 0 Å². The van der Waals surface area contributed by atoms with Crippen LogP contribution in [0, 0.1) is 0 Å². The Hall–Kier alpha value is -0.290. The topological polar surface area (TPSA) is 60.2 Å². The summed E-state index contributed by atoms with van der Waals surface area (Å²) in [6.07, 6.45) is -1.87. The van der Waals surface area contributed by atoms with Crippen LogP contribution in [0.1, 0.15) is 6.42 Å². The minimum Gasteiger partial charge on any atom is -0.223 e. The molecule has 0 atom stereocenters. The molecule has 11 heteroatoms. The Morgan fingerprint density at radius 2 is 1.53 bits per heavy atom. The Kier molecular flexibility index (Phi) is 4.35. The summed E-state index contributed by atoms with van der Waals surface area (Å²) in [6.45, 7) is 2.78. The minimum atomic E-state index is -6.19. The number of rotatable bonds is 5. The van der Waals surface area contributed by atoms with Gasteiger partial charge < -0.3 is 0 Å². The number of primary sulfonamides is 1. The van der Waals surface area contributed by atoms with Gasteiger partial charge in [0.05, 0.1) is 0 Å². The van der Waals surface area contributed by atoms with E-state index < -0.39 is 38.0 Å². The van der Waals surface area contributed by atoms with E-state index in [-0.39, 0.29) is 0 Å². The third-order valence-electron chi connectivity index (χ3n) is 1.60. The van der Waals surface area contributed by atoms with E-state index in [4.69, 9.17) is 0 Å². The van der Waals surface area contributed by atoms with Gasteiger partial charge in [0.15, 0.2) is 0 Å². The maximum atomic E-state index is 12.8. The lowest BCUT2D eigenvalue weighted by Crippen LogP contribution is -2.59. The van der Waals surface area contributed by atoms with E-state index in [0.717, 1.165) is 0 Å². The standard InChI is InChI=1S/C6H6BrF6NO2S/c1-3(7)2-4(8,9)5(10,11)6(12,13)17(14,15)16/h1-2H2,(H2,14,15,16). The SMILES string of the molecule is C=C(Br)CC(F)(F)C(F)(F)C(F)(F)S(N)(=O)=O. The van der Waals surface area contributed by atoms with Crippen LogP contribution in [0.5, 0.6) is 0 Å². The molecule has 0 saturated carbocycles. The molecule has 0 aliphatic heterocycles. The predicted octanol–water partition coefficient (Wildman–Crippen LogP) is 2.44. The van der Waals surface area contributed by atoms with E-state index in [1.54, 1.807) is 0 Å². The third-order valence-corrected chi connectivity index (χ3v) is 2.85.